The fourth-order valence-electron chi connectivity index (χ4n) is 6.12. The van der Waals surface area contributed by atoms with Crippen LogP contribution in [0.2, 0.25) is 0 Å². The zero-order chi connectivity index (χ0) is 26.2. The standard InChI is InChI=1S/C30H42N6O/c1-20-9-6-10-21(2)27(20)28-33-24-12-15-35(26(32-5)17-23(31)25-11-7-16-37-25)18-22(24)29(34-28)36-14-8-13-30(3,4)19-36/h6,9-10,17,25H,7-8,11-16,18-19,31H2,1-5H3. The first kappa shape index (κ1) is 25.7. The molecule has 0 radical (unpaired) electrons. The molecule has 1 unspecified atom stereocenters. The first-order valence-corrected chi connectivity index (χ1v) is 13.8. The Hall–Kier alpha value is -2.93. The molecule has 2 fully saturated rings. The van der Waals surface area contributed by atoms with Gasteiger partial charge in [0.25, 0.3) is 0 Å². The molecule has 4 heterocycles. The van der Waals surface area contributed by atoms with E-state index in [0.717, 1.165) is 86.5 Å². The lowest BCUT2D eigenvalue weighted by Gasteiger charge is -2.41. The van der Waals surface area contributed by atoms with Gasteiger partial charge < -0.3 is 20.3 Å². The molecule has 0 bridgehead atoms. The third-order valence-electron chi connectivity index (χ3n) is 8.09. The Bertz CT molecular complexity index is 1190. The lowest BCUT2D eigenvalue weighted by Crippen LogP contribution is -2.43. The monoisotopic (exact) mass is 502 g/mol. The second-order valence-corrected chi connectivity index (χ2v) is 11.7. The Kier molecular flexibility index (Phi) is 7.26. The van der Waals surface area contributed by atoms with E-state index < -0.39 is 0 Å². The summed E-state index contributed by atoms with van der Waals surface area (Å²) in [5, 5.41) is 0. The molecule has 0 amide bonds. The van der Waals surface area contributed by atoms with Crippen LogP contribution in [-0.2, 0) is 17.7 Å². The van der Waals surface area contributed by atoms with E-state index in [2.05, 4.69) is 60.7 Å². The van der Waals surface area contributed by atoms with Crippen molar-refractivity contribution in [3.63, 3.8) is 0 Å². The van der Waals surface area contributed by atoms with Crippen LogP contribution >= 0.6 is 0 Å². The van der Waals surface area contributed by atoms with E-state index in [-0.39, 0.29) is 11.5 Å². The van der Waals surface area contributed by atoms with Gasteiger partial charge in [0.2, 0.25) is 0 Å². The highest BCUT2D eigenvalue weighted by Gasteiger charge is 2.32. The molecule has 2 aromatic rings. The van der Waals surface area contributed by atoms with E-state index in [9.17, 15) is 0 Å². The summed E-state index contributed by atoms with van der Waals surface area (Å²) in [7, 11) is 1.85. The SMILES string of the molecule is CN=C(C=C(N)C1CCCO1)N1CCc2nc(-c3c(C)cccc3C)nc(N3CCCC(C)(C)C3)c2C1. The molecule has 2 N–H and O–H groups in total. The van der Waals surface area contributed by atoms with Gasteiger partial charge in [0, 0.05) is 69.2 Å². The number of aryl methyl sites for hydroxylation is 2. The summed E-state index contributed by atoms with van der Waals surface area (Å²) in [4.78, 5) is 19.9. The zero-order valence-electron chi connectivity index (χ0n) is 23.2. The van der Waals surface area contributed by atoms with Crippen LogP contribution in [0, 0.1) is 19.3 Å². The van der Waals surface area contributed by atoms with E-state index in [4.69, 9.17) is 20.4 Å². The summed E-state index contributed by atoms with van der Waals surface area (Å²) in [6.45, 7) is 13.4. The van der Waals surface area contributed by atoms with Gasteiger partial charge in [-0.05, 0) is 56.1 Å². The van der Waals surface area contributed by atoms with Crippen LogP contribution in [0.3, 0.4) is 0 Å². The first-order chi connectivity index (χ1) is 17.8. The lowest BCUT2D eigenvalue weighted by atomic mass is 9.84. The Morgan fingerprint density at radius 3 is 2.62 bits per heavy atom. The van der Waals surface area contributed by atoms with Crippen LogP contribution in [0.4, 0.5) is 5.82 Å². The first-order valence-electron chi connectivity index (χ1n) is 13.8. The number of piperidine rings is 1. The number of aromatic nitrogens is 2. The zero-order valence-corrected chi connectivity index (χ0v) is 23.2. The summed E-state index contributed by atoms with van der Waals surface area (Å²) in [5.41, 5.74) is 13.5. The molecule has 0 saturated carbocycles. The van der Waals surface area contributed by atoms with Gasteiger partial charge in [-0.1, -0.05) is 32.0 Å². The predicted molar refractivity (Wildman–Crippen MR) is 151 cm³/mol. The Labute approximate surface area is 221 Å². The molecule has 2 saturated heterocycles. The van der Waals surface area contributed by atoms with Gasteiger partial charge in [0.05, 0.1) is 11.8 Å². The summed E-state index contributed by atoms with van der Waals surface area (Å²) < 4.78 is 5.80. The fraction of sp³-hybridized carbons (Fsp3) is 0.567. The molecule has 3 aliphatic rings. The number of hydrogen-bond donors (Lipinski definition) is 1. The Morgan fingerprint density at radius 1 is 1.16 bits per heavy atom. The molecule has 198 valence electrons. The maximum atomic E-state index is 6.44. The van der Waals surface area contributed by atoms with Gasteiger partial charge in [0.1, 0.15) is 11.7 Å². The van der Waals surface area contributed by atoms with Crippen LogP contribution in [0.15, 0.2) is 35.0 Å². The molecule has 7 nitrogen and oxygen atoms in total. The molecular weight excluding hydrogens is 460 g/mol. The number of anilines is 1. The number of nitrogens with zero attached hydrogens (tertiary/aromatic N) is 5. The molecule has 3 aliphatic heterocycles. The fourth-order valence-corrected chi connectivity index (χ4v) is 6.12. The van der Waals surface area contributed by atoms with Crippen molar-refractivity contribution in [3.05, 3.63) is 52.4 Å². The maximum absolute atomic E-state index is 6.44. The second-order valence-electron chi connectivity index (χ2n) is 11.7. The minimum atomic E-state index is 0.00297. The largest absolute Gasteiger partial charge is 0.400 e. The quantitative estimate of drug-likeness (QED) is 0.478. The van der Waals surface area contributed by atoms with Crippen molar-refractivity contribution >= 4 is 11.7 Å². The average molecular weight is 503 g/mol. The molecule has 37 heavy (non-hydrogen) atoms. The predicted octanol–water partition coefficient (Wildman–Crippen LogP) is 4.79. The number of nitrogens with two attached hydrogens (primary N) is 1. The molecule has 0 spiro atoms. The summed E-state index contributed by atoms with van der Waals surface area (Å²) in [6.07, 6.45) is 7.33. The highest BCUT2D eigenvalue weighted by atomic mass is 16.5. The minimum absolute atomic E-state index is 0.00297. The molecule has 5 rings (SSSR count). The minimum Gasteiger partial charge on any atom is -0.400 e. The highest BCUT2D eigenvalue weighted by Crippen LogP contribution is 2.36. The van der Waals surface area contributed by atoms with Crippen molar-refractivity contribution < 1.29 is 4.74 Å². The summed E-state index contributed by atoms with van der Waals surface area (Å²) in [6, 6.07) is 6.43. The van der Waals surface area contributed by atoms with Crippen molar-refractivity contribution in [1.29, 1.82) is 0 Å². The van der Waals surface area contributed by atoms with Gasteiger partial charge in [0.15, 0.2) is 5.82 Å². The molecule has 7 heteroatoms. The van der Waals surface area contributed by atoms with E-state index >= 15 is 0 Å². The van der Waals surface area contributed by atoms with Crippen molar-refractivity contribution in [2.75, 3.05) is 38.2 Å². The van der Waals surface area contributed by atoms with E-state index in [1.807, 2.05) is 13.1 Å². The van der Waals surface area contributed by atoms with E-state index in [0.29, 0.717) is 0 Å². The molecule has 1 aromatic carbocycles. The number of benzene rings is 1. The highest BCUT2D eigenvalue weighted by molar-refractivity contribution is 5.93. The molecule has 0 aliphatic carbocycles. The Balaban J connectivity index is 1.54. The number of ether oxygens (including phenoxy) is 1. The smallest absolute Gasteiger partial charge is 0.162 e. The van der Waals surface area contributed by atoms with E-state index in [1.54, 1.807) is 0 Å². The van der Waals surface area contributed by atoms with Gasteiger partial charge in [-0.3, -0.25) is 4.99 Å². The van der Waals surface area contributed by atoms with Crippen LogP contribution in [0.5, 0.6) is 0 Å². The average Bonchev–Trinajstić information content (AvgIpc) is 3.41. The van der Waals surface area contributed by atoms with Crippen molar-refractivity contribution in [2.24, 2.45) is 16.1 Å². The summed E-state index contributed by atoms with van der Waals surface area (Å²) in [5.74, 6) is 2.85. The summed E-state index contributed by atoms with van der Waals surface area (Å²) >= 11 is 0. The third kappa shape index (κ3) is 5.37. The maximum Gasteiger partial charge on any atom is 0.162 e. The number of hydrogen-bond acceptors (Lipinski definition) is 6. The number of amidine groups is 1. The third-order valence-corrected chi connectivity index (χ3v) is 8.09. The van der Waals surface area contributed by atoms with Crippen LogP contribution in [0.25, 0.3) is 11.4 Å². The van der Waals surface area contributed by atoms with Crippen molar-refractivity contribution in [1.82, 2.24) is 14.9 Å². The van der Waals surface area contributed by atoms with Gasteiger partial charge >= 0.3 is 0 Å². The normalized spacial score (nSPS) is 22.4. The Morgan fingerprint density at radius 2 is 1.95 bits per heavy atom. The van der Waals surface area contributed by atoms with Crippen molar-refractivity contribution in [3.8, 4) is 11.4 Å². The lowest BCUT2D eigenvalue weighted by molar-refractivity contribution is 0.136. The van der Waals surface area contributed by atoms with Gasteiger partial charge in [-0.25, -0.2) is 9.97 Å². The van der Waals surface area contributed by atoms with Crippen LogP contribution in [-0.4, -0.2) is 60.1 Å². The molecule has 1 aromatic heterocycles. The van der Waals surface area contributed by atoms with Crippen LogP contribution in [0.1, 0.15) is 61.9 Å². The van der Waals surface area contributed by atoms with Crippen LogP contribution < -0.4 is 10.6 Å². The molecular formula is C30H42N6O. The number of fused-ring (bicyclic) bond motifs is 1. The molecule has 1 atom stereocenters. The number of rotatable bonds is 4. The topological polar surface area (TPSA) is 79.9 Å². The van der Waals surface area contributed by atoms with E-state index in [1.165, 1.54) is 29.5 Å². The van der Waals surface area contributed by atoms with Gasteiger partial charge in [-0.15, -0.1) is 0 Å². The number of aliphatic imine (C=N–C) groups is 1. The van der Waals surface area contributed by atoms with Gasteiger partial charge in [-0.2, -0.15) is 0 Å². The second kappa shape index (κ2) is 10.4. The van der Waals surface area contributed by atoms with Crippen molar-refractivity contribution in [2.45, 2.75) is 72.4 Å².